The highest BCUT2D eigenvalue weighted by Crippen LogP contribution is 2.43. The zero-order valence-corrected chi connectivity index (χ0v) is 19.2. The molecule has 4 rings (SSSR count). The first-order valence-electron chi connectivity index (χ1n) is 11.6. The first kappa shape index (κ1) is 21.7. The van der Waals surface area contributed by atoms with Gasteiger partial charge in [-0.05, 0) is 55.7 Å². The molecule has 1 N–H and O–H groups in total. The Morgan fingerprint density at radius 2 is 1.90 bits per heavy atom. The summed E-state index contributed by atoms with van der Waals surface area (Å²) in [6, 6.07) is 8.31. The largest absolute Gasteiger partial charge is 0.497 e. The molecule has 1 aliphatic heterocycles. The van der Waals surface area contributed by atoms with E-state index in [9.17, 15) is 0 Å². The highest BCUT2D eigenvalue weighted by molar-refractivity contribution is 5.80. The number of hydrogen-bond donors (Lipinski definition) is 1. The number of aliphatic imine (C=N–C) groups is 1. The quantitative estimate of drug-likeness (QED) is 0.568. The Bertz CT molecular complexity index is 882. The molecule has 2 fully saturated rings. The van der Waals surface area contributed by atoms with Gasteiger partial charge in [-0.2, -0.15) is 0 Å². The molecule has 0 unspecified atom stereocenters. The Balaban J connectivity index is 1.42. The van der Waals surface area contributed by atoms with Gasteiger partial charge in [0.2, 0.25) is 0 Å². The molecule has 1 aromatic carbocycles. The van der Waals surface area contributed by atoms with E-state index >= 15 is 0 Å². The summed E-state index contributed by atoms with van der Waals surface area (Å²) in [5, 5.41) is 12.1. The molecule has 2 heterocycles. The molecule has 31 heavy (non-hydrogen) atoms. The Morgan fingerprint density at radius 1 is 1.13 bits per heavy atom. The van der Waals surface area contributed by atoms with E-state index < -0.39 is 0 Å². The van der Waals surface area contributed by atoms with Crippen LogP contribution in [0.15, 0.2) is 29.3 Å². The molecule has 0 atom stereocenters. The van der Waals surface area contributed by atoms with Crippen molar-refractivity contribution < 1.29 is 4.74 Å². The third-order valence-electron chi connectivity index (χ3n) is 7.06. The number of guanidine groups is 1. The highest BCUT2D eigenvalue weighted by atomic mass is 16.5. The monoisotopic (exact) mass is 424 g/mol. The molecule has 7 nitrogen and oxygen atoms in total. The molecule has 1 aromatic heterocycles. The van der Waals surface area contributed by atoms with Crippen molar-refractivity contribution in [2.45, 2.75) is 58.4 Å². The van der Waals surface area contributed by atoms with E-state index in [0.29, 0.717) is 12.0 Å². The maximum Gasteiger partial charge on any atom is 0.194 e. The lowest BCUT2D eigenvalue weighted by molar-refractivity contribution is 0.203. The van der Waals surface area contributed by atoms with Crippen molar-refractivity contribution in [1.82, 2.24) is 25.0 Å². The Morgan fingerprint density at radius 3 is 2.58 bits per heavy atom. The zero-order chi connectivity index (χ0) is 21.7. The minimum atomic E-state index is 0.498. The number of rotatable bonds is 6. The normalized spacial score (nSPS) is 18.5. The maximum absolute atomic E-state index is 5.26. The summed E-state index contributed by atoms with van der Waals surface area (Å²) in [6.07, 6.45) is 9.12. The lowest BCUT2D eigenvalue weighted by Crippen LogP contribution is -2.42. The van der Waals surface area contributed by atoms with Crippen molar-refractivity contribution in [3.8, 4) is 5.75 Å². The van der Waals surface area contributed by atoms with Crippen LogP contribution in [0, 0.1) is 12.3 Å². The SMILES string of the molecule is COc1ccc(CCNC(=NCc2nnc(C)n2C)N2CCC3(CCCCC3)C2)cc1. The molecule has 1 saturated heterocycles. The number of aryl methyl sites for hydroxylation is 1. The number of nitrogens with one attached hydrogen (secondary N) is 1. The molecule has 1 spiro atoms. The van der Waals surface area contributed by atoms with E-state index in [4.69, 9.17) is 9.73 Å². The van der Waals surface area contributed by atoms with Gasteiger partial charge in [0.15, 0.2) is 11.8 Å². The molecule has 168 valence electrons. The topological polar surface area (TPSA) is 67.6 Å². The number of aromatic nitrogens is 3. The van der Waals surface area contributed by atoms with Gasteiger partial charge in [-0.25, -0.2) is 4.99 Å². The van der Waals surface area contributed by atoms with Gasteiger partial charge in [-0.15, -0.1) is 10.2 Å². The third-order valence-corrected chi connectivity index (χ3v) is 7.06. The lowest BCUT2D eigenvalue weighted by Gasteiger charge is -2.33. The van der Waals surface area contributed by atoms with Gasteiger partial charge in [0.05, 0.1) is 7.11 Å². The van der Waals surface area contributed by atoms with Gasteiger partial charge in [0, 0.05) is 26.7 Å². The number of hydrogen-bond acceptors (Lipinski definition) is 4. The second-order valence-corrected chi connectivity index (χ2v) is 9.12. The summed E-state index contributed by atoms with van der Waals surface area (Å²) < 4.78 is 7.28. The predicted molar refractivity (Wildman–Crippen MR) is 123 cm³/mol. The second-order valence-electron chi connectivity index (χ2n) is 9.12. The minimum absolute atomic E-state index is 0.498. The van der Waals surface area contributed by atoms with Crippen LogP contribution in [-0.2, 0) is 20.0 Å². The average Bonchev–Trinajstić information content (AvgIpc) is 3.35. The molecular formula is C24H36N6O. The van der Waals surface area contributed by atoms with E-state index in [-0.39, 0.29) is 0 Å². The first-order valence-corrected chi connectivity index (χ1v) is 11.6. The van der Waals surface area contributed by atoms with Crippen LogP contribution in [0.3, 0.4) is 0 Å². The molecule has 2 aromatic rings. The van der Waals surface area contributed by atoms with Gasteiger partial charge in [-0.1, -0.05) is 31.4 Å². The van der Waals surface area contributed by atoms with Gasteiger partial charge in [-0.3, -0.25) is 0 Å². The number of ether oxygens (including phenoxy) is 1. The number of benzene rings is 1. The lowest BCUT2D eigenvalue weighted by atomic mass is 9.73. The fourth-order valence-corrected chi connectivity index (χ4v) is 4.94. The van der Waals surface area contributed by atoms with Gasteiger partial charge in [0.1, 0.15) is 18.1 Å². The van der Waals surface area contributed by atoms with E-state index in [1.807, 2.05) is 30.7 Å². The van der Waals surface area contributed by atoms with Crippen molar-refractivity contribution in [2.24, 2.45) is 17.5 Å². The Hall–Kier alpha value is -2.57. The molecule has 2 aliphatic rings. The molecule has 7 heteroatoms. The van der Waals surface area contributed by atoms with Crippen LogP contribution in [0.4, 0.5) is 0 Å². The molecule has 0 radical (unpaired) electrons. The van der Waals surface area contributed by atoms with E-state index in [1.54, 1.807) is 7.11 Å². The van der Waals surface area contributed by atoms with Gasteiger partial charge >= 0.3 is 0 Å². The summed E-state index contributed by atoms with van der Waals surface area (Å²) in [6.45, 7) is 5.59. The van der Waals surface area contributed by atoms with Crippen molar-refractivity contribution in [1.29, 1.82) is 0 Å². The van der Waals surface area contributed by atoms with Gasteiger partial charge < -0.3 is 19.5 Å². The van der Waals surface area contributed by atoms with Crippen LogP contribution in [0.1, 0.15) is 55.7 Å². The molecule has 1 aliphatic carbocycles. The highest BCUT2D eigenvalue weighted by Gasteiger charge is 2.39. The van der Waals surface area contributed by atoms with Crippen molar-refractivity contribution in [3.05, 3.63) is 41.5 Å². The minimum Gasteiger partial charge on any atom is -0.497 e. The smallest absolute Gasteiger partial charge is 0.194 e. The number of methoxy groups -OCH3 is 1. The maximum atomic E-state index is 5.26. The Kier molecular flexibility index (Phi) is 6.78. The summed E-state index contributed by atoms with van der Waals surface area (Å²) in [7, 11) is 3.71. The molecule has 0 amide bonds. The summed E-state index contributed by atoms with van der Waals surface area (Å²) in [4.78, 5) is 7.45. The summed E-state index contributed by atoms with van der Waals surface area (Å²) >= 11 is 0. The van der Waals surface area contributed by atoms with Crippen molar-refractivity contribution in [3.63, 3.8) is 0 Å². The number of likely N-dealkylation sites (tertiary alicyclic amines) is 1. The standard InChI is InChI=1S/C24H36N6O/c1-19-27-28-22(29(19)2)17-26-23(25-15-11-20-7-9-21(31-3)10-8-20)30-16-14-24(18-30)12-5-4-6-13-24/h7-10H,4-6,11-18H2,1-3H3,(H,25,26). The van der Waals surface area contributed by atoms with E-state index in [0.717, 1.165) is 49.4 Å². The fraction of sp³-hybridized carbons (Fsp3) is 0.625. The van der Waals surface area contributed by atoms with Crippen LogP contribution < -0.4 is 10.1 Å². The van der Waals surface area contributed by atoms with Crippen LogP contribution in [-0.4, -0.2) is 52.4 Å². The van der Waals surface area contributed by atoms with Crippen LogP contribution >= 0.6 is 0 Å². The van der Waals surface area contributed by atoms with Crippen LogP contribution in [0.25, 0.3) is 0 Å². The fourth-order valence-electron chi connectivity index (χ4n) is 4.94. The van der Waals surface area contributed by atoms with Crippen LogP contribution in [0.5, 0.6) is 5.75 Å². The third kappa shape index (κ3) is 5.20. The molecule has 1 saturated carbocycles. The van der Waals surface area contributed by atoms with E-state index in [2.05, 4.69) is 32.5 Å². The van der Waals surface area contributed by atoms with Crippen molar-refractivity contribution in [2.75, 3.05) is 26.7 Å². The number of nitrogens with zero attached hydrogens (tertiary/aromatic N) is 5. The van der Waals surface area contributed by atoms with Gasteiger partial charge in [0.25, 0.3) is 0 Å². The molecular weight excluding hydrogens is 388 g/mol. The Labute approximate surface area is 185 Å². The van der Waals surface area contributed by atoms with Crippen LogP contribution in [0.2, 0.25) is 0 Å². The average molecular weight is 425 g/mol. The summed E-state index contributed by atoms with van der Waals surface area (Å²) in [5.74, 6) is 3.73. The zero-order valence-electron chi connectivity index (χ0n) is 19.2. The second kappa shape index (κ2) is 9.71. The van der Waals surface area contributed by atoms with E-state index in [1.165, 1.54) is 44.1 Å². The molecule has 0 bridgehead atoms. The first-order chi connectivity index (χ1) is 15.1. The summed E-state index contributed by atoms with van der Waals surface area (Å²) in [5.41, 5.74) is 1.79. The predicted octanol–water partition coefficient (Wildman–Crippen LogP) is 3.48. The van der Waals surface area contributed by atoms with Crippen molar-refractivity contribution >= 4 is 5.96 Å².